The molecule has 4 rings (SSSR count). The summed E-state index contributed by atoms with van der Waals surface area (Å²) in [6.45, 7) is 0. The predicted molar refractivity (Wildman–Crippen MR) is 94.4 cm³/mol. The van der Waals surface area contributed by atoms with E-state index in [1.807, 2.05) is 42.5 Å². The van der Waals surface area contributed by atoms with Crippen molar-refractivity contribution in [3.8, 4) is 0 Å². The predicted octanol–water partition coefficient (Wildman–Crippen LogP) is 2.82. The summed E-state index contributed by atoms with van der Waals surface area (Å²) in [5, 5.41) is 4.06. The Morgan fingerprint density at radius 2 is 1.50 bits per heavy atom. The number of benzene rings is 3. The fourth-order valence-corrected chi connectivity index (χ4v) is 3.29. The number of hydrogen-bond acceptors (Lipinski definition) is 3. The highest BCUT2D eigenvalue weighted by atomic mass is 35.5. The summed E-state index contributed by atoms with van der Waals surface area (Å²) >= 11 is 0. The monoisotopic (exact) mass is 339 g/mol. The maximum Gasteiger partial charge on any atom is 0.235 e. The van der Waals surface area contributed by atoms with Crippen molar-refractivity contribution in [1.82, 2.24) is 0 Å². The van der Waals surface area contributed by atoms with Crippen LogP contribution >= 0.6 is 12.4 Å². The van der Waals surface area contributed by atoms with Crippen LogP contribution in [0.3, 0.4) is 0 Å². The van der Waals surface area contributed by atoms with Crippen molar-refractivity contribution < 1.29 is 14.4 Å². The van der Waals surface area contributed by atoms with E-state index in [0.717, 1.165) is 21.5 Å². The van der Waals surface area contributed by atoms with Gasteiger partial charge in [-0.15, -0.1) is 12.4 Å². The van der Waals surface area contributed by atoms with E-state index < -0.39 is 23.4 Å². The van der Waals surface area contributed by atoms with E-state index in [-0.39, 0.29) is 18.8 Å². The van der Waals surface area contributed by atoms with Crippen LogP contribution in [0.5, 0.6) is 0 Å². The van der Waals surface area contributed by atoms with Crippen molar-refractivity contribution in [3.63, 3.8) is 0 Å². The molecular formula is C19H14ClNO3. The minimum Gasteiger partial charge on any atom is -0.369 e. The first-order valence-electron chi connectivity index (χ1n) is 7.36. The molecule has 1 aliphatic rings. The minimum atomic E-state index is -1.35. The summed E-state index contributed by atoms with van der Waals surface area (Å²) in [6.07, 6.45) is 0.0669. The Morgan fingerprint density at radius 3 is 2.08 bits per heavy atom. The average Bonchev–Trinajstić information content (AvgIpc) is 2.51. The molecule has 0 fully saturated rings. The van der Waals surface area contributed by atoms with Gasteiger partial charge in [0.15, 0.2) is 17.5 Å². The van der Waals surface area contributed by atoms with Gasteiger partial charge < -0.3 is 5.73 Å². The lowest BCUT2D eigenvalue weighted by Gasteiger charge is -2.20. The van der Waals surface area contributed by atoms with Crippen molar-refractivity contribution >= 4 is 51.4 Å². The second kappa shape index (κ2) is 5.73. The van der Waals surface area contributed by atoms with E-state index in [1.165, 1.54) is 0 Å². The molecule has 3 aromatic carbocycles. The highest BCUT2D eigenvalue weighted by molar-refractivity contribution is 6.27. The second-order valence-electron chi connectivity index (χ2n) is 5.90. The molecule has 2 N–H and O–H groups in total. The number of fused-ring (bicyclic) bond motifs is 3. The normalized spacial score (nSPS) is 16.8. The number of rotatable bonds is 1. The van der Waals surface area contributed by atoms with Crippen molar-refractivity contribution in [2.24, 2.45) is 11.7 Å². The van der Waals surface area contributed by atoms with E-state index in [0.29, 0.717) is 11.1 Å². The van der Waals surface area contributed by atoms with Crippen molar-refractivity contribution in [1.29, 1.82) is 0 Å². The molecule has 1 unspecified atom stereocenters. The maximum absolute atomic E-state index is 12.5. The van der Waals surface area contributed by atoms with Crippen LogP contribution < -0.4 is 5.73 Å². The molecule has 24 heavy (non-hydrogen) atoms. The van der Waals surface area contributed by atoms with E-state index >= 15 is 0 Å². The number of ketones is 2. The summed E-state index contributed by atoms with van der Waals surface area (Å²) < 4.78 is 0. The van der Waals surface area contributed by atoms with Gasteiger partial charge in [0.2, 0.25) is 5.91 Å². The number of carbonyl (C=O) groups excluding carboxylic acids is 3. The third kappa shape index (κ3) is 2.36. The molecule has 0 radical (unpaired) electrons. The van der Waals surface area contributed by atoms with Crippen LogP contribution in [0.4, 0.5) is 0 Å². The lowest BCUT2D eigenvalue weighted by molar-refractivity contribution is -0.129. The Hall–Kier alpha value is -2.72. The summed E-state index contributed by atoms with van der Waals surface area (Å²) in [5.74, 6) is -3.13. The van der Waals surface area contributed by atoms with Crippen LogP contribution in [-0.4, -0.2) is 17.5 Å². The van der Waals surface area contributed by atoms with Gasteiger partial charge in [0.05, 0.1) is 0 Å². The smallest absolute Gasteiger partial charge is 0.235 e. The first kappa shape index (κ1) is 16.1. The number of halogens is 1. The second-order valence-corrected chi connectivity index (χ2v) is 5.90. The average molecular weight is 340 g/mol. The van der Waals surface area contributed by atoms with E-state index in [9.17, 15) is 14.4 Å². The van der Waals surface area contributed by atoms with Gasteiger partial charge in [0.1, 0.15) is 0 Å². The van der Waals surface area contributed by atoms with Gasteiger partial charge in [0, 0.05) is 12.0 Å². The summed E-state index contributed by atoms with van der Waals surface area (Å²) in [5.41, 5.74) is 6.31. The number of primary amides is 1. The SMILES string of the molecule is Cl.NC(=O)C1C(=O)Cc2cc3cc4ccccc4cc3cc2C1=O. The number of Topliss-reactive ketones (excluding diaryl/α,β-unsaturated/α-hetero) is 2. The Bertz CT molecular complexity index is 1030. The summed E-state index contributed by atoms with van der Waals surface area (Å²) in [7, 11) is 0. The lowest BCUT2D eigenvalue weighted by Crippen LogP contribution is -2.41. The molecule has 0 aromatic heterocycles. The molecule has 0 aliphatic heterocycles. The fourth-order valence-electron chi connectivity index (χ4n) is 3.29. The van der Waals surface area contributed by atoms with Crippen LogP contribution in [-0.2, 0) is 16.0 Å². The Morgan fingerprint density at radius 1 is 0.917 bits per heavy atom. The molecular weight excluding hydrogens is 326 g/mol. The molecule has 0 bridgehead atoms. The molecule has 5 heteroatoms. The van der Waals surface area contributed by atoms with Gasteiger partial charge in [-0.25, -0.2) is 0 Å². The Balaban J connectivity index is 0.00000169. The quantitative estimate of drug-likeness (QED) is 0.547. The van der Waals surface area contributed by atoms with Crippen LogP contribution in [0.2, 0.25) is 0 Å². The van der Waals surface area contributed by atoms with Crippen LogP contribution in [0.1, 0.15) is 15.9 Å². The van der Waals surface area contributed by atoms with Crippen molar-refractivity contribution in [3.05, 3.63) is 59.7 Å². The fraction of sp³-hybridized carbons (Fsp3) is 0.105. The molecule has 1 amide bonds. The van der Waals surface area contributed by atoms with Gasteiger partial charge in [-0.2, -0.15) is 0 Å². The number of hydrogen-bond donors (Lipinski definition) is 1. The zero-order valence-corrected chi connectivity index (χ0v) is 13.4. The topological polar surface area (TPSA) is 77.2 Å². The largest absolute Gasteiger partial charge is 0.369 e. The van der Waals surface area contributed by atoms with E-state index in [4.69, 9.17) is 5.73 Å². The van der Waals surface area contributed by atoms with Gasteiger partial charge >= 0.3 is 0 Å². The third-order valence-corrected chi connectivity index (χ3v) is 4.43. The molecule has 0 saturated heterocycles. The maximum atomic E-state index is 12.5. The zero-order chi connectivity index (χ0) is 16.1. The molecule has 0 saturated carbocycles. The Kier molecular flexibility index (Phi) is 3.85. The first-order valence-corrected chi connectivity index (χ1v) is 7.36. The minimum absolute atomic E-state index is 0. The van der Waals surface area contributed by atoms with Gasteiger partial charge in [0.25, 0.3) is 0 Å². The number of carbonyl (C=O) groups is 3. The van der Waals surface area contributed by atoms with Crippen molar-refractivity contribution in [2.75, 3.05) is 0 Å². The molecule has 0 heterocycles. The van der Waals surface area contributed by atoms with Crippen LogP contribution in [0, 0.1) is 5.92 Å². The van der Waals surface area contributed by atoms with Crippen molar-refractivity contribution in [2.45, 2.75) is 6.42 Å². The van der Waals surface area contributed by atoms with Gasteiger partial charge in [-0.05, 0) is 51.4 Å². The highest BCUT2D eigenvalue weighted by Gasteiger charge is 2.38. The van der Waals surface area contributed by atoms with Crippen LogP contribution in [0.15, 0.2) is 48.5 Å². The number of amides is 1. The standard InChI is InChI=1S/C19H13NO3.ClH/c20-19(23)17-16(21)9-14-7-12-5-10-3-1-2-4-11(10)6-13(12)8-15(14)18(17)22;/h1-8,17H,9H2,(H2,20,23);1H. The van der Waals surface area contributed by atoms with E-state index in [1.54, 1.807) is 6.07 Å². The molecule has 1 aliphatic carbocycles. The number of nitrogens with two attached hydrogens (primary N) is 1. The first-order chi connectivity index (χ1) is 11.0. The van der Waals surface area contributed by atoms with Crippen LogP contribution in [0.25, 0.3) is 21.5 Å². The molecule has 3 aromatic rings. The van der Waals surface area contributed by atoms with Gasteiger partial charge in [-0.3, -0.25) is 14.4 Å². The Labute approximate surface area is 144 Å². The summed E-state index contributed by atoms with van der Waals surface area (Å²) in [6, 6.07) is 15.6. The lowest BCUT2D eigenvalue weighted by atomic mass is 9.80. The van der Waals surface area contributed by atoms with E-state index in [2.05, 4.69) is 0 Å². The third-order valence-electron chi connectivity index (χ3n) is 4.43. The van der Waals surface area contributed by atoms with Gasteiger partial charge in [-0.1, -0.05) is 24.3 Å². The zero-order valence-electron chi connectivity index (χ0n) is 12.6. The molecule has 4 nitrogen and oxygen atoms in total. The molecule has 1 atom stereocenters. The molecule has 0 spiro atoms. The molecule has 120 valence electrons. The summed E-state index contributed by atoms with van der Waals surface area (Å²) in [4.78, 5) is 35.9. The highest BCUT2D eigenvalue weighted by Crippen LogP contribution is 2.30.